The van der Waals surface area contributed by atoms with E-state index in [0.717, 1.165) is 0 Å². The largest absolute Gasteiger partial charge is 0.404 e. The van der Waals surface area contributed by atoms with Crippen molar-refractivity contribution in [2.75, 3.05) is 19.8 Å². The maximum absolute atomic E-state index is 5.74. The average molecular weight is 605 g/mol. The van der Waals surface area contributed by atoms with E-state index >= 15 is 0 Å². The summed E-state index contributed by atoms with van der Waals surface area (Å²) in [6.45, 7) is 22.9. The third kappa shape index (κ3) is 22.3. The molecule has 0 saturated carbocycles. The van der Waals surface area contributed by atoms with Crippen molar-refractivity contribution in [2.24, 2.45) is 0 Å². The highest BCUT2D eigenvalue weighted by Gasteiger charge is 2.21. The van der Waals surface area contributed by atoms with Crippen molar-refractivity contribution in [2.45, 2.75) is 152 Å². The average Bonchev–Trinajstić information content (AvgIpc) is 2.80. The monoisotopic (exact) mass is 604 g/mol. The van der Waals surface area contributed by atoms with E-state index in [1.807, 2.05) is 13.8 Å². The van der Waals surface area contributed by atoms with Crippen molar-refractivity contribution in [3.8, 4) is 0 Å². The summed E-state index contributed by atoms with van der Waals surface area (Å²) in [5.41, 5.74) is 0. The van der Waals surface area contributed by atoms with Gasteiger partial charge in [0.2, 0.25) is 0 Å². The Labute approximate surface area is 244 Å². The fraction of sp³-hybridized carbons (Fsp3) is 1.00. The highest BCUT2D eigenvalue weighted by atomic mass is 28.2. The summed E-state index contributed by atoms with van der Waals surface area (Å²) in [4.78, 5) is 0. The molecule has 0 aliphatic rings. The van der Waals surface area contributed by atoms with Crippen LogP contribution in [0.15, 0.2) is 0 Å². The van der Waals surface area contributed by atoms with Crippen molar-refractivity contribution >= 4 is 10.5 Å². The number of hydrogen-bond donors (Lipinski definition) is 0. The predicted octanol–water partition coefficient (Wildman–Crippen LogP) is 3.31. The molecule has 0 radical (unpaired) electrons. The van der Waals surface area contributed by atoms with Gasteiger partial charge in [-0.05, 0) is 83.1 Å². The molecule has 11 unspecified atom stereocenters. The molecule has 0 bridgehead atoms. The zero-order chi connectivity index (χ0) is 30.7. The van der Waals surface area contributed by atoms with Gasteiger partial charge in [-0.15, -0.1) is 0 Å². The van der Waals surface area contributed by atoms with E-state index in [9.17, 15) is 0 Å². The van der Waals surface area contributed by atoms with Gasteiger partial charge in [0.15, 0.2) is 62.9 Å². The zero-order valence-electron chi connectivity index (χ0n) is 26.8. The summed E-state index contributed by atoms with van der Waals surface area (Å²) in [6, 6.07) is 0. The lowest BCUT2D eigenvalue weighted by Gasteiger charge is -2.29. The first kappa shape index (κ1) is 39.7. The molecule has 14 heteroatoms. The predicted molar refractivity (Wildman–Crippen MR) is 148 cm³/mol. The van der Waals surface area contributed by atoms with Crippen molar-refractivity contribution < 1.29 is 61.3 Å². The van der Waals surface area contributed by atoms with Gasteiger partial charge in [0.1, 0.15) is 16.8 Å². The quantitative estimate of drug-likeness (QED) is 0.0816. The van der Waals surface area contributed by atoms with Crippen LogP contribution in [0, 0.1) is 0 Å². The minimum absolute atomic E-state index is 0.330. The van der Waals surface area contributed by atoms with Gasteiger partial charge in [-0.2, -0.15) is 0 Å². The zero-order valence-corrected chi connectivity index (χ0v) is 28.8. The van der Waals surface area contributed by atoms with Crippen LogP contribution in [0.2, 0.25) is 0 Å². The number of hydrogen-bond acceptors (Lipinski definition) is 13. The highest BCUT2D eigenvalue weighted by Crippen LogP contribution is 2.14. The van der Waals surface area contributed by atoms with Gasteiger partial charge in [-0.25, -0.2) is 0 Å². The van der Waals surface area contributed by atoms with E-state index in [0.29, 0.717) is 30.3 Å². The lowest BCUT2D eigenvalue weighted by molar-refractivity contribution is -0.352. The Balaban J connectivity index is 4.22. The second-order valence-electron chi connectivity index (χ2n) is 8.91. The van der Waals surface area contributed by atoms with E-state index in [-0.39, 0.29) is 6.29 Å². The molecule has 0 aromatic rings. The summed E-state index contributed by atoms with van der Waals surface area (Å²) in [5.74, 6) is 0. The van der Waals surface area contributed by atoms with Gasteiger partial charge in [0.25, 0.3) is 0 Å². The van der Waals surface area contributed by atoms with Gasteiger partial charge in [0, 0.05) is 6.61 Å². The highest BCUT2D eigenvalue weighted by molar-refractivity contribution is 5.98. The van der Waals surface area contributed by atoms with Crippen LogP contribution in [-0.4, -0.2) is 99.5 Å². The maximum Gasteiger partial charge on any atom is 0.161 e. The molecular formula is C26H56O13Si. The molecule has 40 heavy (non-hydrogen) atoms. The van der Waals surface area contributed by atoms with Crippen LogP contribution >= 0.6 is 0 Å². The van der Waals surface area contributed by atoms with Crippen LogP contribution in [0.3, 0.4) is 0 Å². The molecule has 0 saturated heterocycles. The lowest BCUT2D eigenvalue weighted by atomic mass is 10.6. The first-order valence-electron chi connectivity index (χ1n) is 14.0. The third-order valence-corrected chi connectivity index (χ3v) is 5.61. The summed E-state index contributed by atoms with van der Waals surface area (Å²) in [5, 5.41) is 0. The molecule has 0 aromatic carbocycles. The van der Waals surface area contributed by atoms with Crippen molar-refractivity contribution in [3.05, 3.63) is 0 Å². The summed E-state index contributed by atoms with van der Waals surface area (Å²) in [6.07, 6.45) is -6.07. The molecule has 242 valence electrons. The van der Waals surface area contributed by atoms with Gasteiger partial charge in [-0.3, -0.25) is 0 Å². The molecule has 0 heterocycles. The standard InChI is InChI=1S/C26H56O13Si/c1-13-27-14-15-28-16(2)29-17(3)30-18(4)31-19(5)32-20(6)33-21(7)34-22(8)35-23(9)36-24(10)37-25(11)38-26(12)39-40/h16-26H,13-15H2,1-12,40H3. The van der Waals surface area contributed by atoms with E-state index in [1.165, 1.54) is 0 Å². The molecule has 0 amide bonds. The van der Waals surface area contributed by atoms with Crippen LogP contribution in [-0.2, 0) is 61.3 Å². The van der Waals surface area contributed by atoms with Crippen LogP contribution in [0.4, 0.5) is 0 Å². The Morgan fingerprint density at radius 2 is 0.625 bits per heavy atom. The van der Waals surface area contributed by atoms with Gasteiger partial charge in [0.05, 0.1) is 13.2 Å². The van der Waals surface area contributed by atoms with Gasteiger partial charge >= 0.3 is 0 Å². The third-order valence-electron chi connectivity index (χ3n) is 4.95. The van der Waals surface area contributed by atoms with E-state index in [2.05, 4.69) is 0 Å². The first-order chi connectivity index (χ1) is 18.7. The maximum atomic E-state index is 5.74. The second kappa shape index (κ2) is 23.2. The van der Waals surface area contributed by atoms with Crippen LogP contribution in [0.5, 0.6) is 0 Å². The van der Waals surface area contributed by atoms with Gasteiger partial charge in [-0.1, -0.05) is 0 Å². The van der Waals surface area contributed by atoms with E-state index < -0.39 is 62.9 Å². The SMILES string of the molecule is CCOCCOC(C)OC(C)OC(C)OC(C)OC(C)OC(C)OC(C)OC(C)OC(C)OC(C)OC(C)O[SiH3]. The van der Waals surface area contributed by atoms with Gasteiger partial charge < -0.3 is 61.3 Å². The molecule has 0 fully saturated rings. The molecule has 0 spiro atoms. The van der Waals surface area contributed by atoms with Crippen LogP contribution in [0.1, 0.15) is 83.1 Å². The molecule has 0 aliphatic heterocycles. The fourth-order valence-corrected chi connectivity index (χ4v) is 3.61. The molecular weight excluding hydrogens is 548 g/mol. The Morgan fingerprint density at radius 1 is 0.375 bits per heavy atom. The van der Waals surface area contributed by atoms with Crippen molar-refractivity contribution in [1.82, 2.24) is 0 Å². The second-order valence-corrected chi connectivity index (χ2v) is 9.38. The Morgan fingerprint density at radius 3 is 0.875 bits per heavy atom. The smallest absolute Gasteiger partial charge is 0.161 e. The summed E-state index contributed by atoms with van der Waals surface area (Å²) >= 11 is 0. The molecule has 0 N–H and O–H groups in total. The van der Waals surface area contributed by atoms with E-state index in [4.69, 9.17) is 61.3 Å². The fourth-order valence-electron chi connectivity index (χ4n) is 3.50. The Hall–Kier alpha value is -0.303. The van der Waals surface area contributed by atoms with E-state index in [1.54, 1.807) is 69.2 Å². The topological polar surface area (TPSA) is 120 Å². The molecule has 13 nitrogen and oxygen atoms in total. The summed E-state index contributed by atoms with van der Waals surface area (Å²) in [7, 11) is 0.582. The lowest BCUT2D eigenvalue weighted by Crippen LogP contribution is -2.34. The van der Waals surface area contributed by atoms with Crippen molar-refractivity contribution in [3.63, 3.8) is 0 Å². The van der Waals surface area contributed by atoms with Crippen molar-refractivity contribution in [1.29, 1.82) is 0 Å². The van der Waals surface area contributed by atoms with Crippen LogP contribution < -0.4 is 0 Å². The molecule has 0 rings (SSSR count). The number of ether oxygens (including phenoxy) is 12. The minimum atomic E-state index is -0.628. The molecule has 0 aliphatic carbocycles. The first-order valence-corrected chi connectivity index (χ1v) is 14.8. The number of rotatable bonds is 26. The molecule has 11 atom stereocenters. The van der Waals surface area contributed by atoms with Crippen LogP contribution in [0.25, 0.3) is 0 Å². The minimum Gasteiger partial charge on any atom is -0.404 e. The summed E-state index contributed by atoms with van der Waals surface area (Å²) < 4.78 is 72.7. The normalized spacial score (nSPS) is 20.7. The Kier molecular flexibility index (Phi) is 23.0. The Bertz CT molecular complexity index is 593. The molecule has 0 aromatic heterocycles.